The van der Waals surface area contributed by atoms with Gasteiger partial charge in [-0.15, -0.1) is 0 Å². The molecule has 0 radical (unpaired) electrons. The monoisotopic (exact) mass is 569 g/mol. The Bertz CT molecular complexity index is 1820. The molecule has 2 N–H and O–H groups in total. The van der Waals surface area contributed by atoms with Crippen molar-refractivity contribution in [1.29, 1.82) is 0 Å². The van der Waals surface area contributed by atoms with Crippen LogP contribution in [0.2, 0.25) is 0 Å². The summed E-state index contributed by atoms with van der Waals surface area (Å²) in [6, 6.07) is 24.5. The van der Waals surface area contributed by atoms with Crippen molar-refractivity contribution in [3.63, 3.8) is 0 Å². The van der Waals surface area contributed by atoms with Crippen LogP contribution in [0, 0.1) is 6.92 Å². The molecule has 0 unspecified atom stereocenters. The Morgan fingerprint density at radius 2 is 1.74 bits per heavy atom. The number of pyridine rings is 1. The van der Waals surface area contributed by atoms with Crippen LogP contribution in [0.4, 0.5) is 10.5 Å². The molecule has 0 spiro atoms. The maximum Gasteiger partial charge on any atom is 0.335 e. The van der Waals surface area contributed by atoms with E-state index in [1.54, 1.807) is 41.6 Å². The van der Waals surface area contributed by atoms with E-state index in [0.717, 1.165) is 56.8 Å². The van der Waals surface area contributed by atoms with Crippen LogP contribution in [0.25, 0.3) is 33.8 Å². The lowest BCUT2D eigenvalue weighted by Crippen LogP contribution is -2.39. The molecule has 0 bridgehead atoms. The zero-order valence-electron chi connectivity index (χ0n) is 24.0. The number of aromatic nitrogens is 3. The number of aryl methyl sites for hydroxylation is 2. The number of aromatic carboxylic acids is 1. The first-order chi connectivity index (χ1) is 20.9. The van der Waals surface area contributed by atoms with Crippen molar-refractivity contribution in [2.45, 2.75) is 33.2 Å². The largest absolute Gasteiger partial charge is 0.478 e. The predicted molar refractivity (Wildman–Crippen MR) is 167 cm³/mol. The lowest BCUT2D eigenvalue weighted by Gasteiger charge is -2.30. The van der Waals surface area contributed by atoms with Gasteiger partial charge >= 0.3 is 12.0 Å². The first-order valence-corrected chi connectivity index (χ1v) is 14.3. The van der Waals surface area contributed by atoms with Gasteiger partial charge in [-0.2, -0.15) is 0 Å². The van der Waals surface area contributed by atoms with Gasteiger partial charge in [0.25, 0.3) is 0 Å². The van der Waals surface area contributed by atoms with Crippen molar-refractivity contribution >= 4 is 17.7 Å². The molecule has 8 heteroatoms. The highest BCUT2D eigenvalue weighted by molar-refractivity contribution is 5.91. The van der Waals surface area contributed by atoms with Crippen molar-refractivity contribution in [2.75, 3.05) is 11.9 Å². The van der Waals surface area contributed by atoms with Crippen molar-refractivity contribution in [3.05, 3.63) is 119 Å². The molecule has 0 saturated carbocycles. The third-order valence-corrected chi connectivity index (χ3v) is 7.78. The number of carbonyl (C=O) groups excluding carboxylic acids is 1. The average molecular weight is 570 g/mol. The minimum absolute atomic E-state index is 0.196. The highest BCUT2D eigenvalue weighted by atomic mass is 16.4. The van der Waals surface area contributed by atoms with Crippen molar-refractivity contribution in [3.8, 4) is 33.8 Å². The van der Waals surface area contributed by atoms with Crippen LogP contribution in [-0.2, 0) is 19.4 Å². The number of carboxylic acid groups (broad SMARTS) is 1. The summed E-state index contributed by atoms with van der Waals surface area (Å²) in [6.45, 7) is 5.03. The number of benzene rings is 3. The zero-order valence-corrected chi connectivity index (χ0v) is 24.0. The van der Waals surface area contributed by atoms with E-state index in [1.165, 1.54) is 0 Å². The molecule has 0 saturated heterocycles. The van der Waals surface area contributed by atoms with Gasteiger partial charge in [0.2, 0.25) is 0 Å². The summed E-state index contributed by atoms with van der Waals surface area (Å²) in [5.74, 6) is -0.336. The Balaban J connectivity index is 1.30. The van der Waals surface area contributed by atoms with Crippen molar-refractivity contribution < 1.29 is 14.7 Å². The SMILES string of the molecule is CCc1cc(NC(=O)N2CCc3nc(-c4cccnc4)nc(-c4ccccc4C)c3C2)cc(-c2ccc(C(=O)O)cc2)c1. The molecular weight excluding hydrogens is 538 g/mol. The maximum atomic E-state index is 13.6. The molecule has 5 aromatic rings. The Labute approximate surface area is 250 Å². The van der Waals surface area contributed by atoms with Crippen LogP contribution < -0.4 is 5.32 Å². The highest BCUT2D eigenvalue weighted by Gasteiger charge is 2.27. The number of rotatable bonds is 6. The fourth-order valence-corrected chi connectivity index (χ4v) is 5.42. The third-order valence-electron chi connectivity index (χ3n) is 7.78. The van der Waals surface area contributed by atoms with Gasteiger partial charge in [-0.3, -0.25) is 4.98 Å². The summed E-state index contributed by atoms with van der Waals surface area (Å²) < 4.78 is 0. The van der Waals surface area contributed by atoms with E-state index < -0.39 is 5.97 Å². The summed E-state index contributed by atoms with van der Waals surface area (Å²) in [5.41, 5.74) is 9.47. The predicted octanol–water partition coefficient (Wildman–Crippen LogP) is 7.03. The Kier molecular flexibility index (Phi) is 7.66. The summed E-state index contributed by atoms with van der Waals surface area (Å²) in [4.78, 5) is 40.9. The molecule has 1 aliphatic heterocycles. The Morgan fingerprint density at radius 1 is 0.930 bits per heavy atom. The van der Waals surface area contributed by atoms with Crippen LogP contribution in [0.15, 0.2) is 91.3 Å². The van der Waals surface area contributed by atoms with Crippen molar-refractivity contribution in [2.24, 2.45) is 0 Å². The summed E-state index contributed by atoms with van der Waals surface area (Å²) in [6.07, 6.45) is 4.89. The summed E-state index contributed by atoms with van der Waals surface area (Å²) >= 11 is 0. The molecule has 214 valence electrons. The number of urea groups is 1. The smallest absolute Gasteiger partial charge is 0.335 e. The van der Waals surface area contributed by atoms with E-state index in [1.807, 2.05) is 36.4 Å². The van der Waals surface area contributed by atoms with Gasteiger partial charge in [-0.1, -0.05) is 49.4 Å². The number of fused-ring (bicyclic) bond motifs is 1. The van der Waals surface area contributed by atoms with E-state index in [-0.39, 0.29) is 11.6 Å². The van der Waals surface area contributed by atoms with Gasteiger partial charge in [0.1, 0.15) is 0 Å². The number of carbonyl (C=O) groups is 2. The van der Waals surface area contributed by atoms with Crippen LogP contribution in [0.5, 0.6) is 0 Å². The molecule has 2 amide bonds. The second-order valence-electron chi connectivity index (χ2n) is 10.6. The van der Waals surface area contributed by atoms with Gasteiger partial charge in [-0.25, -0.2) is 19.6 Å². The van der Waals surface area contributed by atoms with Gasteiger partial charge in [0.05, 0.1) is 23.5 Å². The standard InChI is InChI=1S/C35H31N5O3/c1-3-23-17-27(24-10-12-25(13-11-24)34(41)42)19-28(18-23)37-35(43)40-16-14-31-30(21-40)32(29-9-5-4-7-22(29)2)39-33(38-31)26-8-6-15-36-20-26/h4-13,15,17-20H,3,14,16,21H2,1-2H3,(H,37,43)(H,41,42). The molecule has 3 aromatic carbocycles. The van der Waals surface area contributed by atoms with Crippen LogP contribution in [0.1, 0.15) is 39.7 Å². The molecule has 1 aliphatic rings. The average Bonchev–Trinajstić information content (AvgIpc) is 3.04. The first-order valence-electron chi connectivity index (χ1n) is 14.3. The number of amides is 2. The number of nitrogens with one attached hydrogen (secondary N) is 1. The van der Waals surface area contributed by atoms with Crippen LogP contribution >= 0.6 is 0 Å². The van der Waals surface area contributed by atoms with E-state index in [0.29, 0.717) is 31.0 Å². The van der Waals surface area contributed by atoms with Gasteiger partial charge in [0.15, 0.2) is 5.82 Å². The number of hydrogen-bond donors (Lipinski definition) is 2. The van der Waals surface area contributed by atoms with Gasteiger partial charge < -0.3 is 15.3 Å². The zero-order chi connectivity index (χ0) is 29.9. The van der Waals surface area contributed by atoms with Gasteiger partial charge in [-0.05, 0) is 72.0 Å². The molecule has 8 nitrogen and oxygen atoms in total. The molecule has 0 fully saturated rings. The van der Waals surface area contributed by atoms with E-state index in [9.17, 15) is 14.7 Å². The molecular formula is C35H31N5O3. The number of nitrogens with zero attached hydrogens (tertiary/aromatic N) is 4. The van der Waals surface area contributed by atoms with E-state index in [4.69, 9.17) is 9.97 Å². The lowest BCUT2D eigenvalue weighted by atomic mass is 9.96. The van der Waals surface area contributed by atoms with Crippen molar-refractivity contribution in [1.82, 2.24) is 19.9 Å². The minimum Gasteiger partial charge on any atom is -0.478 e. The Hall–Kier alpha value is -5.37. The quantitative estimate of drug-likeness (QED) is 0.227. The fourth-order valence-electron chi connectivity index (χ4n) is 5.42. The normalized spacial score (nSPS) is 12.5. The van der Waals surface area contributed by atoms with Crippen LogP contribution in [0.3, 0.4) is 0 Å². The number of anilines is 1. The number of hydrogen-bond acceptors (Lipinski definition) is 5. The molecule has 2 aromatic heterocycles. The molecule has 0 aliphatic carbocycles. The molecule has 6 rings (SSSR count). The second kappa shape index (κ2) is 11.9. The molecule has 3 heterocycles. The van der Waals surface area contributed by atoms with Gasteiger partial charge in [0, 0.05) is 47.7 Å². The molecule has 43 heavy (non-hydrogen) atoms. The lowest BCUT2D eigenvalue weighted by molar-refractivity contribution is 0.0697. The third kappa shape index (κ3) is 5.85. The summed E-state index contributed by atoms with van der Waals surface area (Å²) in [5, 5.41) is 12.4. The van der Waals surface area contributed by atoms with E-state index in [2.05, 4.69) is 42.3 Å². The first kappa shape index (κ1) is 27.8. The van der Waals surface area contributed by atoms with Crippen LogP contribution in [-0.4, -0.2) is 43.5 Å². The fraction of sp³-hybridized carbons (Fsp3) is 0.171. The second-order valence-corrected chi connectivity index (χ2v) is 10.6. The van der Waals surface area contributed by atoms with E-state index >= 15 is 0 Å². The summed E-state index contributed by atoms with van der Waals surface area (Å²) in [7, 11) is 0. The Morgan fingerprint density at radius 3 is 2.47 bits per heavy atom. The molecule has 0 atom stereocenters. The topological polar surface area (TPSA) is 108 Å². The maximum absolute atomic E-state index is 13.6. The highest BCUT2D eigenvalue weighted by Crippen LogP contribution is 2.33. The minimum atomic E-state index is -0.964. The number of carboxylic acids is 1.